The van der Waals surface area contributed by atoms with Crippen molar-refractivity contribution < 1.29 is 28.6 Å². The van der Waals surface area contributed by atoms with Gasteiger partial charge in [0.1, 0.15) is 13.2 Å². The van der Waals surface area contributed by atoms with Crippen LogP contribution in [0.3, 0.4) is 0 Å². The quantitative estimate of drug-likeness (QED) is 0.0344. The van der Waals surface area contributed by atoms with Crippen LogP contribution in [0, 0.1) is 0 Å². The maximum absolute atomic E-state index is 12.7. The number of esters is 3. The summed E-state index contributed by atoms with van der Waals surface area (Å²) in [6.07, 6.45) is 55.3. The van der Waals surface area contributed by atoms with Crippen molar-refractivity contribution in [2.45, 2.75) is 322 Å². The van der Waals surface area contributed by atoms with Crippen LogP contribution in [-0.4, -0.2) is 37.2 Å². The molecule has 362 valence electrons. The van der Waals surface area contributed by atoms with Crippen LogP contribution in [0.2, 0.25) is 0 Å². The lowest BCUT2D eigenvalue weighted by Crippen LogP contribution is -2.30. The molecule has 0 bridgehead atoms. The molecule has 61 heavy (non-hydrogen) atoms. The number of unbranched alkanes of at least 4 members (excludes halogenated alkanes) is 40. The van der Waals surface area contributed by atoms with Crippen LogP contribution in [0.4, 0.5) is 0 Å². The first-order valence-electron chi connectivity index (χ1n) is 27.5. The highest BCUT2D eigenvalue weighted by atomic mass is 16.6. The lowest BCUT2D eigenvalue weighted by atomic mass is 10.0. The first kappa shape index (κ1) is 59.4. The Hall–Kier alpha value is -1.59. The molecule has 0 amide bonds. The Morgan fingerprint density at radius 3 is 0.656 bits per heavy atom. The van der Waals surface area contributed by atoms with Gasteiger partial charge in [-0.2, -0.15) is 0 Å². The van der Waals surface area contributed by atoms with Crippen molar-refractivity contribution in [3.05, 3.63) is 0 Å². The molecule has 0 fully saturated rings. The summed E-state index contributed by atoms with van der Waals surface area (Å²) in [6.45, 7) is 6.67. The number of carbonyl (C=O) groups is 3. The molecule has 0 aromatic rings. The molecule has 0 rings (SSSR count). The summed E-state index contributed by atoms with van der Waals surface area (Å²) in [5.74, 6) is -0.842. The zero-order valence-electron chi connectivity index (χ0n) is 41.5. The van der Waals surface area contributed by atoms with Crippen LogP contribution < -0.4 is 0 Å². The van der Waals surface area contributed by atoms with Gasteiger partial charge in [0.2, 0.25) is 0 Å². The van der Waals surface area contributed by atoms with E-state index in [2.05, 4.69) is 20.8 Å². The molecule has 0 spiro atoms. The number of rotatable bonds is 51. The highest BCUT2D eigenvalue weighted by molar-refractivity contribution is 5.71. The number of hydrogen-bond donors (Lipinski definition) is 0. The van der Waals surface area contributed by atoms with Gasteiger partial charge >= 0.3 is 17.9 Å². The highest BCUT2D eigenvalue weighted by Gasteiger charge is 2.19. The van der Waals surface area contributed by atoms with E-state index < -0.39 is 6.10 Å². The van der Waals surface area contributed by atoms with E-state index in [0.29, 0.717) is 19.3 Å². The van der Waals surface area contributed by atoms with Crippen LogP contribution in [0.15, 0.2) is 0 Å². The third kappa shape index (κ3) is 49.3. The van der Waals surface area contributed by atoms with Gasteiger partial charge in [0.15, 0.2) is 6.10 Å². The summed E-state index contributed by atoms with van der Waals surface area (Å²) in [7, 11) is 0. The molecule has 0 radical (unpaired) electrons. The lowest BCUT2D eigenvalue weighted by Gasteiger charge is -2.18. The van der Waals surface area contributed by atoms with Crippen LogP contribution >= 0.6 is 0 Å². The molecule has 0 saturated carbocycles. The van der Waals surface area contributed by atoms with Crippen molar-refractivity contribution in [2.24, 2.45) is 0 Å². The fourth-order valence-corrected chi connectivity index (χ4v) is 8.45. The Balaban J connectivity index is 4.14. The molecule has 0 heterocycles. The average Bonchev–Trinajstić information content (AvgIpc) is 3.26. The topological polar surface area (TPSA) is 78.9 Å². The Morgan fingerprint density at radius 2 is 0.443 bits per heavy atom. The maximum atomic E-state index is 12.7. The minimum absolute atomic E-state index is 0.0618. The van der Waals surface area contributed by atoms with Crippen molar-refractivity contribution in [1.82, 2.24) is 0 Å². The average molecular weight is 863 g/mol. The van der Waals surface area contributed by atoms with Crippen LogP contribution in [0.1, 0.15) is 316 Å². The molecule has 0 aliphatic rings. The molecule has 0 aliphatic carbocycles. The Labute approximate surface area is 380 Å². The summed E-state index contributed by atoms with van der Waals surface area (Å²) in [5.41, 5.74) is 0. The Kier molecular flexibility index (Phi) is 49.7. The van der Waals surface area contributed by atoms with Gasteiger partial charge in [-0.25, -0.2) is 0 Å². The lowest BCUT2D eigenvalue weighted by molar-refractivity contribution is -0.167. The Bertz CT molecular complexity index is 905. The summed E-state index contributed by atoms with van der Waals surface area (Å²) in [6, 6.07) is 0. The summed E-state index contributed by atoms with van der Waals surface area (Å²) in [5, 5.41) is 0. The predicted octanol–water partition coefficient (Wildman–Crippen LogP) is 18.0. The van der Waals surface area contributed by atoms with E-state index in [1.165, 1.54) is 218 Å². The molecule has 0 aromatic heterocycles. The number of hydrogen-bond acceptors (Lipinski definition) is 6. The molecule has 1 unspecified atom stereocenters. The molecule has 6 nitrogen and oxygen atoms in total. The second kappa shape index (κ2) is 51.0. The minimum Gasteiger partial charge on any atom is -0.462 e. The fraction of sp³-hybridized carbons (Fsp3) is 0.945. The zero-order chi connectivity index (χ0) is 44.4. The second-order valence-electron chi connectivity index (χ2n) is 18.9. The second-order valence-corrected chi connectivity index (χ2v) is 18.9. The number of ether oxygens (including phenoxy) is 3. The predicted molar refractivity (Wildman–Crippen MR) is 261 cm³/mol. The van der Waals surface area contributed by atoms with Gasteiger partial charge in [0, 0.05) is 19.3 Å². The van der Waals surface area contributed by atoms with Crippen molar-refractivity contribution in [3.8, 4) is 0 Å². The maximum Gasteiger partial charge on any atom is 0.306 e. The molecule has 0 N–H and O–H groups in total. The summed E-state index contributed by atoms with van der Waals surface area (Å²) >= 11 is 0. The molecule has 6 heteroatoms. The van der Waals surface area contributed by atoms with Gasteiger partial charge < -0.3 is 14.2 Å². The van der Waals surface area contributed by atoms with E-state index in [1.54, 1.807) is 0 Å². The van der Waals surface area contributed by atoms with E-state index in [0.717, 1.165) is 57.8 Å². The van der Waals surface area contributed by atoms with Crippen molar-refractivity contribution in [3.63, 3.8) is 0 Å². The fourth-order valence-electron chi connectivity index (χ4n) is 8.45. The van der Waals surface area contributed by atoms with E-state index in [9.17, 15) is 14.4 Å². The van der Waals surface area contributed by atoms with Gasteiger partial charge in [-0.1, -0.05) is 278 Å². The molecule has 0 aliphatic heterocycles. The molecular formula is C55H106O6. The van der Waals surface area contributed by atoms with Gasteiger partial charge in [-0.3, -0.25) is 14.4 Å². The monoisotopic (exact) mass is 863 g/mol. The van der Waals surface area contributed by atoms with Crippen LogP contribution in [-0.2, 0) is 28.6 Å². The van der Waals surface area contributed by atoms with Gasteiger partial charge in [0.05, 0.1) is 0 Å². The standard InChI is InChI=1S/C55H106O6/c1-4-7-10-13-16-19-22-23-24-25-26-27-28-29-30-31-32-34-36-39-42-45-48-54(57)60-51-52(50-59-53(56)47-44-41-38-35-21-18-15-12-9-6-3)61-55(58)49-46-43-40-37-33-20-17-14-11-8-5-2/h52H,4-51H2,1-3H3. The molecule has 0 saturated heterocycles. The van der Waals surface area contributed by atoms with Crippen molar-refractivity contribution in [1.29, 1.82) is 0 Å². The smallest absolute Gasteiger partial charge is 0.306 e. The molecule has 0 aromatic carbocycles. The third-order valence-electron chi connectivity index (χ3n) is 12.6. The van der Waals surface area contributed by atoms with Gasteiger partial charge in [0.25, 0.3) is 0 Å². The SMILES string of the molecule is CCCCCCCCCCCCCCCCCCCCCCCCC(=O)OCC(COC(=O)CCCCCCCCCCCC)OC(=O)CCCCCCCCCCCCC. The van der Waals surface area contributed by atoms with Crippen molar-refractivity contribution in [2.75, 3.05) is 13.2 Å². The molecular weight excluding hydrogens is 757 g/mol. The third-order valence-corrected chi connectivity index (χ3v) is 12.6. The van der Waals surface area contributed by atoms with E-state index in [1.807, 2.05) is 0 Å². The summed E-state index contributed by atoms with van der Waals surface area (Å²) < 4.78 is 16.8. The van der Waals surface area contributed by atoms with E-state index in [4.69, 9.17) is 14.2 Å². The van der Waals surface area contributed by atoms with Gasteiger partial charge in [-0.05, 0) is 19.3 Å². The van der Waals surface area contributed by atoms with E-state index in [-0.39, 0.29) is 31.1 Å². The Morgan fingerprint density at radius 1 is 0.262 bits per heavy atom. The van der Waals surface area contributed by atoms with Crippen LogP contribution in [0.5, 0.6) is 0 Å². The zero-order valence-corrected chi connectivity index (χ0v) is 41.5. The first-order valence-corrected chi connectivity index (χ1v) is 27.5. The van der Waals surface area contributed by atoms with Gasteiger partial charge in [-0.15, -0.1) is 0 Å². The summed E-state index contributed by atoms with van der Waals surface area (Å²) in [4.78, 5) is 37.9. The van der Waals surface area contributed by atoms with E-state index >= 15 is 0 Å². The molecule has 1 atom stereocenters. The van der Waals surface area contributed by atoms with Crippen LogP contribution in [0.25, 0.3) is 0 Å². The minimum atomic E-state index is -0.759. The normalized spacial score (nSPS) is 11.9. The largest absolute Gasteiger partial charge is 0.462 e. The van der Waals surface area contributed by atoms with Crippen molar-refractivity contribution >= 4 is 17.9 Å². The highest BCUT2D eigenvalue weighted by Crippen LogP contribution is 2.17. The number of carbonyl (C=O) groups excluding carboxylic acids is 3. The first-order chi connectivity index (χ1) is 30.0.